The monoisotopic (exact) mass is 502 g/mol. The van der Waals surface area contributed by atoms with Gasteiger partial charge >= 0.3 is 0 Å². The molecule has 0 saturated heterocycles. The van der Waals surface area contributed by atoms with Crippen LogP contribution in [0.3, 0.4) is 0 Å². The zero-order valence-corrected chi connectivity index (χ0v) is 23.5. The molecule has 2 aromatic heterocycles. The Bertz CT molecular complexity index is 743. The van der Waals surface area contributed by atoms with Crippen LogP contribution in [0.15, 0.2) is 16.9 Å². The number of aromatic nitrogens is 4. The van der Waals surface area contributed by atoms with E-state index in [0.29, 0.717) is 6.61 Å². The predicted octanol–water partition coefficient (Wildman–Crippen LogP) is 8.47. The first-order chi connectivity index (χ1) is 17.8. The van der Waals surface area contributed by atoms with Crippen LogP contribution in [0, 0.1) is 0 Å². The fraction of sp³-hybridized carbons (Fsp3) is 0.833. The highest BCUT2D eigenvalue weighted by Crippen LogP contribution is 2.14. The quantitative estimate of drug-likeness (QED) is 0.127. The first kappa shape index (κ1) is 30.4. The highest BCUT2D eigenvalue weighted by Gasteiger charge is 2.07. The number of aryl methyl sites for hydroxylation is 3. The zero-order chi connectivity index (χ0) is 25.5. The third-order valence-corrected chi connectivity index (χ3v) is 6.96. The average molecular weight is 503 g/mol. The third kappa shape index (κ3) is 14.6. The molecular weight excluding hydrogens is 448 g/mol. The Morgan fingerprint density at radius 2 is 1.25 bits per heavy atom. The highest BCUT2D eigenvalue weighted by molar-refractivity contribution is 4.90. The van der Waals surface area contributed by atoms with E-state index in [1.165, 1.54) is 96.3 Å². The van der Waals surface area contributed by atoms with E-state index >= 15 is 0 Å². The number of hydrogen-bond acceptors (Lipinski definition) is 5. The van der Waals surface area contributed by atoms with Gasteiger partial charge in [-0.1, -0.05) is 115 Å². The Hall–Kier alpha value is -1.85. The van der Waals surface area contributed by atoms with Gasteiger partial charge in [-0.25, -0.2) is 4.98 Å². The molecule has 0 aliphatic heterocycles. The Morgan fingerprint density at radius 1 is 0.667 bits per heavy atom. The summed E-state index contributed by atoms with van der Waals surface area (Å²) in [5, 5.41) is 4.17. The van der Waals surface area contributed by atoms with Crippen molar-refractivity contribution in [3.8, 4) is 0 Å². The second kappa shape index (κ2) is 21.3. The van der Waals surface area contributed by atoms with Crippen molar-refractivity contribution in [3.63, 3.8) is 0 Å². The number of imidazole rings is 1. The Kier molecular flexibility index (Phi) is 17.9. The molecule has 0 fully saturated rings. The van der Waals surface area contributed by atoms with Gasteiger partial charge in [0.25, 0.3) is 0 Å². The molecule has 206 valence electrons. The normalized spacial score (nSPS) is 11.4. The van der Waals surface area contributed by atoms with Crippen molar-refractivity contribution in [1.82, 2.24) is 19.9 Å². The van der Waals surface area contributed by atoms with Gasteiger partial charge in [0.2, 0.25) is 5.89 Å². The maximum Gasteiger partial charge on any atom is 0.226 e. The lowest BCUT2D eigenvalue weighted by atomic mass is 10.0. The SMILES string of the molecule is CCCCCCCCCCCCCCCCCc1noc(CCCCOn2ccnc2CCCC)n1. The largest absolute Gasteiger partial charge is 0.413 e. The van der Waals surface area contributed by atoms with Gasteiger partial charge in [-0.15, -0.1) is 0 Å². The summed E-state index contributed by atoms with van der Waals surface area (Å²) in [5.74, 6) is 2.64. The average Bonchev–Trinajstić information content (AvgIpc) is 3.54. The van der Waals surface area contributed by atoms with Gasteiger partial charge < -0.3 is 9.36 Å². The van der Waals surface area contributed by atoms with E-state index in [0.717, 1.165) is 62.5 Å². The summed E-state index contributed by atoms with van der Waals surface area (Å²) in [4.78, 5) is 14.8. The van der Waals surface area contributed by atoms with E-state index in [1.807, 2.05) is 17.1 Å². The smallest absolute Gasteiger partial charge is 0.226 e. The maximum absolute atomic E-state index is 5.84. The van der Waals surface area contributed by atoms with Crippen LogP contribution in [-0.2, 0) is 19.3 Å². The van der Waals surface area contributed by atoms with Gasteiger partial charge in [0.1, 0.15) is 12.4 Å². The fourth-order valence-electron chi connectivity index (χ4n) is 4.64. The van der Waals surface area contributed by atoms with E-state index < -0.39 is 0 Å². The van der Waals surface area contributed by atoms with Crippen LogP contribution in [0.5, 0.6) is 0 Å². The van der Waals surface area contributed by atoms with E-state index in [2.05, 4.69) is 29.0 Å². The minimum Gasteiger partial charge on any atom is -0.413 e. The second-order valence-corrected chi connectivity index (χ2v) is 10.4. The molecule has 0 spiro atoms. The van der Waals surface area contributed by atoms with Crippen molar-refractivity contribution >= 4 is 0 Å². The number of hydrogen-bond donors (Lipinski definition) is 0. The lowest BCUT2D eigenvalue weighted by molar-refractivity contribution is 0.0992. The molecule has 0 N–H and O–H groups in total. The molecule has 0 aliphatic rings. The van der Waals surface area contributed by atoms with Gasteiger partial charge in [0, 0.05) is 25.5 Å². The van der Waals surface area contributed by atoms with Crippen molar-refractivity contribution in [3.05, 3.63) is 29.9 Å². The molecule has 0 saturated carbocycles. The van der Waals surface area contributed by atoms with Gasteiger partial charge in [-0.2, -0.15) is 9.71 Å². The van der Waals surface area contributed by atoms with Crippen LogP contribution in [-0.4, -0.2) is 26.5 Å². The summed E-state index contributed by atoms with van der Waals surface area (Å²) in [5.41, 5.74) is 0. The molecule has 2 aromatic rings. The molecule has 0 aliphatic carbocycles. The van der Waals surface area contributed by atoms with Crippen LogP contribution in [0.25, 0.3) is 0 Å². The first-order valence-corrected chi connectivity index (χ1v) is 15.3. The number of rotatable bonds is 25. The van der Waals surface area contributed by atoms with Crippen molar-refractivity contribution in [2.45, 2.75) is 155 Å². The highest BCUT2D eigenvalue weighted by atomic mass is 16.7. The van der Waals surface area contributed by atoms with Crippen molar-refractivity contribution in [2.24, 2.45) is 0 Å². The van der Waals surface area contributed by atoms with Crippen molar-refractivity contribution < 1.29 is 9.36 Å². The second-order valence-electron chi connectivity index (χ2n) is 10.4. The van der Waals surface area contributed by atoms with Crippen LogP contribution in [0.1, 0.15) is 153 Å². The first-order valence-electron chi connectivity index (χ1n) is 15.3. The van der Waals surface area contributed by atoms with E-state index in [9.17, 15) is 0 Å². The molecule has 6 nitrogen and oxygen atoms in total. The van der Waals surface area contributed by atoms with E-state index in [4.69, 9.17) is 9.36 Å². The molecule has 2 rings (SSSR count). The molecule has 0 amide bonds. The van der Waals surface area contributed by atoms with Crippen LogP contribution in [0.2, 0.25) is 0 Å². The topological polar surface area (TPSA) is 66.0 Å². The fourth-order valence-corrected chi connectivity index (χ4v) is 4.64. The minimum absolute atomic E-state index is 0.676. The predicted molar refractivity (Wildman–Crippen MR) is 148 cm³/mol. The molecular formula is C30H54N4O2. The van der Waals surface area contributed by atoms with E-state index in [-0.39, 0.29) is 0 Å². The summed E-state index contributed by atoms with van der Waals surface area (Å²) < 4.78 is 7.26. The summed E-state index contributed by atoms with van der Waals surface area (Å²) >= 11 is 0. The molecule has 0 bridgehead atoms. The Labute approximate surface area is 221 Å². The number of unbranched alkanes of at least 4 members (excludes halogenated alkanes) is 16. The molecule has 0 radical (unpaired) electrons. The van der Waals surface area contributed by atoms with Gasteiger partial charge in [-0.05, 0) is 25.7 Å². The summed E-state index contributed by atoms with van der Waals surface area (Å²) in [7, 11) is 0. The summed E-state index contributed by atoms with van der Waals surface area (Å²) in [6.45, 7) is 5.16. The third-order valence-electron chi connectivity index (χ3n) is 6.96. The van der Waals surface area contributed by atoms with Gasteiger partial charge in [-0.3, -0.25) is 0 Å². The van der Waals surface area contributed by atoms with Crippen LogP contribution in [0.4, 0.5) is 0 Å². The van der Waals surface area contributed by atoms with Gasteiger partial charge in [0.15, 0.2) is 5.82 Å². The van der Waals surface area contributed by atoms with E-state index in [1.54, 1.807) is 0 Å². The molecule has 36 heavy (non-hydrogen) atoms. The lowest BCUT2D eigenvalue weighted by Gasteiger charge is -2.09. The standard InChI is InChI=1S/C30H54N4O2/c1-3-5-7-8-9-10-11-12-13-14-15-16-17-18-19-22-28-32-30(36-33-28)24-20-21-27-35-34-26-25-31-29(34)23-6-4-2/h25-26H,3-24,27H2,1-2H3. The molecule has 2 heterocycles. The van der Waals surface area contributed by atoms with Crippen LogP contribution < -0.4 is 4.84 Å². The van der Waals surface area contributed by atoms with Crippen molar-refractivity contribution in [2.75, 3.05) is 6.61 Å². The Morgan fingerprint density at radius 3 is 1.89 bits per heavy atom. The number of nitrogens with zero attached hydrogens (tertiary/aromatic N) is 4. The summed E-state index contributed by atoms with van der Waals surface area (Å²) in [6, 6.07) is 0. The maximum atomic E-state index is 5.84. The molecule has 0 atom stereocenters. The molecule has 6 heteroatoms. The van der Waals surface area contributed by atoms with Gasteiger partial charge in [0.05, 0.1) is 6.20 Å². The molecule has 0 aromatic carbocycles. The van der Waals surface area contributed by atoms with Crippen LogP contribution >= 0.6 is 0 Å². The lowest BCUT2D eigenvalue weighted by Crippen LogP contribution is -2.15. The van der Waals surface area contributed by atoms with Crippen molar-refractivity contribution in [1.29, 1.82) is 0 Å². The molecule has 0 unspecified atom stereocenters. The summed E-state index contributed by atoms with van der Waals surface area (Å²) in [6.07, 6.45) is 31.5. The zero-order valence-electron chi connectivity index (χ0n) is 23.5. The Balaban J connectivity index is 1.37. The minimum atomic E-state index is 0.676.